The molecule has 0 radical (unpaired) electrons. The van der Waals surface area contributed by atoms with Crippen LogP contribution in [0.3, 0.4) is 0 Å². The Morgan fingerprint density at radius 1 is 1.14 bits per heavy atom. The summed E-state index contributed by atoms with van der Waals surface area (Å²) in [6, 6.07) is 4.87. The van der Waals surface area contributed by atoms with E-state index < -0.39 is 6.04 Å². The molecular weight excluding hydrogens is 338 g/mol. The second-order valence-electron chi connectivity index (χ2n) is 5.19. The summed E-state index contributed by atoms with van der Waals surface area (Å²) in [5.41, 5.74) is 1.21. The molecule has 6 nitrogen and oxygen atoms in total. The molecule has 1 unspecified atom stereocenters. The van der Waals surface area contributed by atoms with Gasteiger partial charge in [0.25, 0.3) is 5.91 Å². The van der Waals surface area contributed by atoms with Gasteiger partial charge in [0.2, 0.25) is 5.91 Å². The predicted molar refractivity (Wildman–Crippen MR) is 80.9 cm³/mol. The maximum absolute atomic E-state index is 12.5. The number of rotatable bonds is 1. The number of hydrogen-bond donors (Lipinski definition) is 0. The molecule has 1 aromatic carbocycles. The van der Waals surface area contributed by atoms with Crippen LogP contribution in [-0.4, -0.2) is 32.9 Å². The Labute approximate surface area is 129 Å². The summed E-state index contributed by atoms with van der Waals surface area (Å²) in [6.45, 7) is 0. The van der Waals surface area contributed by atoms with Crippen molar-refractivity contribution in [2.45, 2.75) is 18.9 Å². The van der Waals surface area contributed by atoms with Crippen LogP contribution in [0.15, 0.2) is 27.5 Å². The van der Waals surface area contributed by atoms with Gasteiger partial charge in [0, 0.05) is 25.0 Å². The minimum absolute atomic E-state index is 0.202. The number of amides is 2. The lowest BCUT2D eigenvalue weighted by Gasteiger charge is -2.28. The van der Waals surface area contributed by atoms with Gasteiger partial charge in [-0.1, -0.05) is 15.9 Å². The molecule has 0 spiro atoms. The van der Waals surface area contributed by atoms with Gasteiger partial charge in [-0.25, -0.2) is 4.79 Å². The first-order valence-electron chi connectivity index (χ1n) is 6.58. The number of carbonyl (C=O) groups excluding carboxylic acids is 2. The molecule has 1 fully saturated rings. The van der Waals surface area contributed by atoms with E-state index in [9.17, 15) is 14.4 Å². The molecule has 0 saturated carbocycles. The van der Waals surface area contributed by atoms with E-state index in [1.165, 1.54) is 16.2 Å². The molecular formula is C14H14BrN3O3. The molecule has 2 amide bonds. The lowest BCUT2D eigenvalue weighted by atomic mass is 10.0. The van der Waals surface area contributed by atoms with Crippen molar-refractivity contribution in [3.8, 4) is 0 Å². The monoisotopic (exact) mass is 351 g/mol. The molecule has 2 aromatic rings. The van der Waals surface area contributed by atoms with Crippen molar-refractivity contribution in [1.82, 2.24) is 14.0 Å². The second-order valence-corrected chi connectivity index (χ2v) is 6.11. The van der Waals surface area contributed by atoms with Crippen LogP contribution in [0.5, 0.6) is 0 Å². The number of benzene rings is 1. The zero-order valence-electron chi connectivity index (χ0n) is 11.7. The lowest BCUT2D eigenvalue weighted by Crippen LogP contribution is -2.45. The van der Waals surface area contributed by atoms with E-state index in [1.54, 1.807) is 7.05 Å². The highest BCUT2D eigenvalue weighted by Crippen LogP contribution is 2.27. The van der Waals surface area contributed by atoms with E-state index in [-0.39, 0.29) is 23.9 Å². The topological polar surface area (TPSA) is 64.3 Å². The number of likely N-dealkylation sites (N-methyl/N-ethyl adjacent to an activating group) is 1. The molecule has 7 heteroatoms. The summed E-state index contributed by atoms with van der Waals surface area (Å²) in [5, 5.41) is 0. The molecule has 3 rings (SSSR count). The molecule has 0 bridgehead atoms. The maximum atomic E-state index is 12.5. The van der Waals surface area contributed by atoms with E-state index >= 15 is 0 Å². The van der Waals surface area contributed by atoms with E-state index in [4.69, 9.17) is 0 Å². The Morgan fingerprint density at radius 3 is 2.57 bits per heavy atom. The molecule has 1 aliphatic heterocycles. The zero-order chi connectivity index (χ0) is 15.3. The molecule has 1 aliphatic rings. The smallest absolute Gasteiger partial charge is 0.295 e. The molecule has 0 aliphatic carbocycles. The van der Waals surface area contributed by atoms with Gasteiger partial charge in [-0.2, -0.15) is 0 Å². The number of nitrogens with zero attached hydrogens (tertiary/aromatic N) is 3. The third-order valence-corrected chi connectivity index (χ3v) is 4.48. The van der Waals surface area contributed by atoms with E-state index in [0.717, 1.165) is 14.9 Å². The Bertz CT molecular complexity index is 821. The fourth-order valence-corrected chi connectivity index (χ4v) is 3.12. The molecule has 0 N–H and O–H groups in total. The molecule has 2 heterocycles. The number of imidazole rings is 1. The third-order valence-electron chi connectivity index (χ3n) is 3.98. The van der Waals surface area contributed by atoms with E-state index in [1.807, 2.05) is 18.2 Å². The van der Waals surface area contributed by atoms with Crippen molar-refractivity contribution in [1.29, 1.82) is 0 Å². The van der Waals surface area contributed by atoms with Crippen LogP contribution in [0.4, 0.5) is 0 Å². The summed E-state index contributed by atoms with van der Waals surface area (Å²) >= 11 is 3.38. The summed E-state index contributed by atoms with van der Waals surface area (Å²) in [6.07, 6.45) is 0.628. The van der Waals surface area contributed by atoms with Gasteiger partial charge in [-0.3, -0.25) is 23.6 Å². The number of imide groups is 1. The summed E-state index contributed by atoms with van der Waals surface area (Å²) in [7, 11) is 3.14. The first-order chi connectivity index (χ1) is 9.91. The van der Waals surface area contributed by atoms with Crippen LogP contribution in [0, 0.1) is 0 Å². The Morgan fingerprint density at radius 2 is 1.86 bits per heavy atom. The highest BCUT2D eigenvalue weighted by molar-refractivity contribution is 9.10. The largest absolute Gasteiger partial charge is 0.329 e. The normalized spacial score (nSPS) is 19.6. The quantitative estimate of drug-likeness (QED) is 0.730. The predicted octanol–water partition coefficient (Wildman–Crippen LogP) is 1.42. The van der Waals surface area contributed by atoms with Gasteiger partial charge in [0.1, 0.15) is 6.04 Å². The number of piperidine rings is 1. The average molecular weight is 352 g/mol. The van der Waals surface area contributed by atoms with Crippen LogP contribution < -0.4 is 5.69 Å². The molecule has 110 valence electrons. The standard InChI is InChI=1S/C14H14BrN3O3/c1-16-11-7-8(15)3-4-9(11)18(14(16)21)10-5-6-12(19)17(2)13(10)20/h3-4,7,10H,5-6H2,1-2H3. The fraction of sp³-hybridized carbons (Fsp3) is 0.357. The summed E-state index contributed by atoms with van der Waals surface area (Å²) < 4.78 is 3.88. The van der Waals surface area contributed by atoms with Crippen molar-refractivity contribution in [3.05, 3.63) is 33.2 Å². The minimum Gasteiger partial charge on any atom is -0.295 e. The number of halogens is 1. The number of aryl methyl sites for hydroxylation is 1. The SMILES string of the molecule is CN1C(=O)CCC(n2c(=O)n(C)c3cc(Br)ccc32)C1=O. The number of fused-ring (bicyclic) bond motifs is 1. The first kappa shape index (κ1) is 14.1. The van der Waals surface area contributed by atoms with E-state index in [0.29, 0.717) is 11.9 Å². The number of likely N-dealkylation sites (tertiary alicyclic amines) is 1. The van der Waals surface area contributed by atoms with Crippen LogP contribution in [0.1, 0.15) is 18.9 Å². The van der Waals surface area contributed by atoms with Crippen LogP contribution in [0.2, 0.25) is 0 Å². The first-order valence-corrected chi connectivity index (χ1v) is 7.38. The molecule has 21 heavy (non-hydrogen) atoms. The number of carbonyl (C=O) groups is 2. The van der Waals surface area contributed by atoms with Crippen LogP contribution in [0.25, 0.3) is 11.0 Å². The Kier molecular flexibility index (Phi) is 3.24. The van der Waals surface area contributed by atoms with Crippen molar-refractivity contribution in [2.75, 3.05) is 7.05 Å². The van der Waals surface area contributed by atoms with Crippen molar-refractivity contribution >= 4 is 38.8 Å². The Balaban J connectivity index is 2.21. The number of hydrogen-bond acceptors (Lipinski definition) is 3. The van der Waals surface area contributed by atoms with Crippen molar-refractivity contribution in [3.63, 3.8) is 0 Å². The second kappa shape index (κ2) is 4.84. The van der Waals surface area contributed by atoms with Crippen molar-refractivity contribution in [2.24, 2.45) is 7.05 Å². The van der Waals surface area contributed by atoms with Crippen molar-refractivity contribution < 1.29 is 9.59 Å². The highest BCUT2D eigenvalue weighted by Gasteiger charge is 2.35. The van der Waals surface area contributed by atoms with E-state index in [2.05, 4.69) is 15.9 Å². The summed E-state index contributed by atoms with van der Waals surface area (Å²) in [4.78, 5) is 37.5. The fourth-order valence-electron chi connectivity index (χ4n) is 2.78. The zero-order valence-corrected chi connectivity index (χ0v) is 13.3. The average Bonchev–Trinajstić information content (AvgIpc) is 2.70. The molecule has 1 saturated heterocycles. The van der Waals surface area contributed by atoms with Gasteiger partial charge in [0.15, 0.2) is 0 Å². The van der Waals surface area contributed by atoms with Gasteiger partial charge < -0.3 is 0 Å². The third kappa shape index (κ3) is 2.03. The van der Waals surface area contributed by atoms with Gasteiger partial charge >= 0.3 is 5.69 Å². The minimum atomic E-state index is -0.620. The van der Waals surface area contributed by atoms with Crippen LogP contribution in [-0.2, 0) is 16.6 Å². The lowest BCUT2D eigenvalue weighted by molar-refractivity contribution is -0.149. The molecule has 1 atom stereocenters. The maximum Gasteiger partial charge on any atom is 0.329 e. The van der Waals surface area contributed by atoms with Gasteiger partial charge in [-0.15, -0.1) is 0 Å². The van der Waals surface area contributed by atoms with Gasteiger partial charge in [0.05, 0.1) is 11.0 Å². The number of aromatic nitrogens is 2. The Hall–Kier alpha value is -1.89. The summed E-state index contributed by atoms with van der Waals surface area (Å²) in [5.74, 6) is -0.531. The van der Waals surface area contributed by atoms with Gasteiger partial charge in [-0.05, 0) is 24.6 Å². The molecule has 1 aromatic heterocycles. The van der Waals surface area contributed by atoms with Crippen LogP contribution >= 0.6 is 15.9 Å². The highest BCUT2D eigenvalue weighted by atomic mass is 79.9.